The van der Waals surface area contributed by atoms with Crippen molar-refractivity contribution in [3.63, 3.8) is 0 Å². The highest BCUT2D eigenvalue weighted by atomic mass is 16.7. The molecular formula is C24H37N3O6. The molecular weight excluding hydrogens is 426 g/mol. The fourth-order valence-electron chi connectivity index (χ4n) is 4.21. The fourth-order valence-corrected chi connectivity index (χ4v) is 4.21. The van der Waals surface area contributed by atoms with Gasteiger partial charge in [-0.05, 0) is 70.8 Å². The van der Waals surface area contributed by atoms with E-state index >= 15 is 0 Å². The van der Waals surface area contributed by atoms with Crippen LogP contribution >= 0.6 is 0 Å². The molecule has 1 aromatic rings. The molecule has 0 aliphatic carbocycles. The first-order valence-corrected chi connectivity index (χ1v) is 11.5. The molecule has 0 radical (unpaired) electrons. The Morgan fingerprint density at radius 1 is 1.18 bits per heavy atom. The number of nitrogens with one attached hydrogen (secondary N) is 2. The second kappa shape index (κ2) is 11.1. The minimum atomic E-state index is -0.776. The maximum Gasteiger partial charge on any atom is 0.509 e. The van der Waals surface area contributed by atoms with E-state index in [1.807, 2.05) is 24.3 Å². The van der Waals surface area contributed by atoms with E-state index in [-0.39, 0.29) is 6.04 Å². The van der Waals surface area contributed by atoms with Gasteiger partial charge in [-0.25, -0.2) is 9.59 Å². The van der Waals surface area contributed by atoms with Crippen LogP contribution in [0.15, 0.2) is 24.3 Å². The monoisotopic (exact) mass is 463 g/mol. The maximum atomic E-state index is 12.6. The Morgan fingerprint density at radius 3 is 2.52 bits per heavy atom. The van der Waals surface area contributed by atoms with Crippen LogP contribution < -0.4 is 15.4 Å². The molecule has 0 aromatic heterocycles. The number of amides is 1. The van der Waals surface area contributed by atoms with Gasteiger partial charge in [-0.2, -0.15) is 0 Å². The van der Waals surface area contributed by atoms with Crippen LogP contribution in [-0.4, -0.2) is 81.3 Å². The van der Waals surface area contributed by atoms with E-state index in [1.165, 1.54) is 0 Å². The summed E-state index contributed by atoms with van der Waals surface area (Å²) < 4.78 is 21.8. The van der Waals surface area contributed by atoms with Crippen LogP contribution in [0.1, 0.15) is 32.8 Å². The molecule has 4 atom stereocenters. The van der Waals surface area contributed by atoms with Crippen molar-refractivity contribution >= 4 is 12.2 Å². The molecule has 0 spiro atoms. The fraction of sp³-hybridized carbons (Fsp3) is 0.667. The standard InChI is InChI=1S/C24H37N3O6/c1-24(2,3)33-23(29)31-20-14-25-19(12-16-6-8-18(30-5)9-7-16)21(20)32-22(28)26-13-17-10-11-27(4)15-17/h6-9,17,19-21,25H,10-15H2,1-5H3,(H,26,28)/t17-,19-,20+,21+/m1/s1. The first-order valence-electron chi connectivity index (χ1n) is 11.5. The van der Waals surface area contributed by atoms with E-state index in [0.717, 1.165) is 30.8 Å². The Balaban J connectivity index is 1.63. The summed E-state index contributed by atoms with van der Waals surface area (Å²) >= 11 is 0. The van der Waals surface area contributed by atoms with Crippen molar-refractivity contribution in [3.8, 4) is 5.75 Å². The number of carbonyl (C=O) groups is 2. The lowest BCUT2D eigenvalue weighted by atomic mass is 10.0. The van der Waals surface area contributed by atoms with Crippen LogP contribution in [0.4, 0.5) is 9.59 Å². The van der Waals surface area contributed by atoms with Gasteiger partial charge in [0.05, 0.1) is 13.2 Å². The molecule has 2 N–H and O–H groups in total. The van der Waals surface area contributed by atoms with E-state index in [4.69, 9.17) is 18.9 Å². The maximum absolute atomic E-state index is 12.6. The topological polar surface area (TPSA) is 98.4 Å². The van der Waals surface area contributed by atoms with Crippen LogP contribution in [0.5, 0.6) is 5.75 Å². The smallest absolute Gasteiger partial charge is 0.497 e. The third kappa shape index (κ3) is 7.78. The highest BCUT2D eigenvalue weighted by Crippen LogP contribution is 2.22. The van der Waals surface area contributed by atoms with Gasteiger partial charge in [0.1, 0.15) is 11.4 Å². The largest absolute Gasteiger partial charge is 0.509 e. The van der Waals surface area contributed by atoms with E-state index < -0.39 is 30.1 Å². The van der Waals surface area contributed by atoms with Gasteiger partial charge in [0.25, 0.3) is 0 Å². The van der Waals surface area contributed by atoms with Crippen LogP contribution in [0.3, 0.4) is 0 Å². The summed E-state index contributed by atoms with van der Waals surface area (Å²) in [5.74, 6) is 1.18. The number of ether oxygens (including phenoxy) is 4. The molecule has 2 aliphatic heterocycles. The molecule has 2 fully saturated rings. The van der Waals surface area contributed by atoms with Crippen molar-refractivity contribution in [2.75, 3.05) is 40.3 Å². The number of hydrogen-bond acceptors (Lipinski definition) is 8. The third-order valence-electron chi connectivity index (χ3n) is 5.86. The number of likely N-dealkylation sites (tertiary alicyclic amines) is 1. The molecule has 1 amide bonds. The average Bonchev–Trinajstić information content (AvgIpc) is 3.32. The average molecular weight is 464 g/mol. The number of rotatable bonds is 7. The van der Waals surface area contributed by atoms with E-state index in [2.05, 4.69) is 22.6 Å². The molecule has 2 aliphatic rings. The zero-order valence-corrected chi connectivity index (χ0v) is 20.3. The molecule has 2 heterocycles. The predicted octanol–water partition coefficient (Wildman–Crippen LogP) is 2.58. The molecule has 0 saturated carbocycles. The minimum Gasteiger partial charge on any atom is -0.497 e. The summed E-state index contributed by atoms with van der Waals surface area (Å²) in [5, 5.41) is 6.21. The number of benzene rings is 1. The third-order valence-corrected chi connectivity index (χ3v) is 5.86. The number of methoxy groups -OCH3 is 1. The molecule has 184 valence electrons. The van der Waals surface area contributed by atoms with Crippen LogP contribution in [0, 0.1) is 5.92 Å². The van der Waals surface area contributed by atoms with Gasteiger partial charge in [0, 0.05) is 19.6 Å². The lowest BCUT2D eigenvalue weighted by Crippen LogP contribution is -2.44. The molecule has 0 bridgehead atoms. The first kappa shape index (κ1) is 25.1. The van der Waals surface area contributed by atoms with Crippen LogP contribution in [0.2, 0.25) is 0 Å². The molecule has 0 unspecified atom stereocenters. The molecule has 2 saturated heterocycles. The second-order valence-electron chi connectivity index (χ2n) is 9.86. The van der Waals surface area contributed by atoms with Gasteiger partial charge >= 0.3 is 12.2 Å². The van der Waals surface area contributed by atoms with Crippen molar-refractivity contribution in [2.45, 2.75) is 57.5 Å². The minimum absolute atomic E-state index is 0.214. The summed E-state index contributed by atoms with van der Waals surface area (Å²) in [7, 11) is 3.70. The zero-order chi connectivity index (χ0) is 24.0. The number of alkyl carbamates (subject to hydrolysis) is 1. The van der Waals surface area contributed by atoms with Crippen molar-refractivity contribution < 1.29 is 28.5 Å². The second-order valence-corrected chi connectivity index (χ2v) is 9.86. The van der Waals surface area contributed by atoms with Gasteiger partial charge in [0.15, 0.2) is 12.2 Å². The van der Waals surface area contributed by atoms with Gasteiger partial charge < -0.3 is 34.5 Å². The van der Waals surface area contributed by atoms with Gasteiger partial charge in [0.2, 0.25) is 0 Å². The van der Waals surface area contributed by atoms with Crippen LogP contribution in [-0.2, 0) is 20.6 Å². The summed E-state index contributed by atoms with van der Waals surface area (Å²) in [5.41, 5.74) is 0.377. The van der Waals surface area contributed by atoms with Crippen molar-refractivity contribution in [1.29, 1.82) is 0 Å². The van der Waals surface area contributed by atoms with Crippen molar-refractivity contribution in [3.05, 3.63) is 29.8 Å². The summed E-state index contributed by atoms with van der Waals surface area (Å²) in [6.07, 6.45) is -0.925. The quantitative estimate of drug-likeness (QED) is 0.596. The summed E-state index contributed by atoms with van der Waals surface area (Å²) in [4.78, 5) is 27.1. The lowest BCUT2D eigenvalue weighted by Gasteiger charge is -2.26. The molecule has 9 heteroatoms. The zero-order valence-electron chi connectivity index (χ0n) is 20.3. The van der Waals surface area contributed by atoms with E-state index in [0.29, 0.717) is 25.4 Å². The summed E-state index contributed by atoms with van der Waals surface area (Å²) in [6, 6.07) is 7.50. The molecule has 33 heavy (non-hydrogen) atoms. The van der Waals surface area contributed by atoms with Gasteiger partial charge in [-0.1, -0.05) is 12.1 Å². The molecule has 9 nitrogen and oxygen atoms in total. The van der Waals surface area contributed by atoms with Gasteiger partial charge in [-0.15, -0.1) is 0 Å². The SMILES string of the molecule is COc1ccc(C[C@H]2NC[C@H](OC(=O)OC(C)(C)C)[C@H]2OC(=O)NC[C@H]2CCN(C)C2)cc1. The predicted molar refractivity (Wildman–Crippen MR) is 123 cm³/mol. The number of hydrogen-bond donors (Lipinski definition) is 2. The highest BCUT2D eigenvalue weighted by Gasteiger charge is 2.42. The highest BCUT2D eigenvalue weighted by molar-refractivity contribution is 5.67. The first-order chi connectivity index (χ1) is 15.6. The lowest BCUT2D eigenvalue weighted by molar-refractivity contribution is -0.0518. The Kier molecular flexibility index (Phi) is 8.42. The Hall–Kier alpha value is -2.52. The van der Waals surface area contributed by atoms with Gasteiger partial charge in [-0.3, -0.25) is 0 Å². The Morgan fingerprint density at radius 2 is 1.91 bits per heavy atom. The summed E-state index contributed by atoms with van der Waals surface area (Å²) in [6.45, 7) is 8.23. The van der Waals surface area contributed by atoms with Crippen molar-refractivity contribution in [1.82, 2.24) is 15.5 Å². The van der Waals surface area contributed by atoms with E-state index in [1.54, 1.807) is 27.9 Å². The number of carbonyl (C=O) groups excluding carboxylic acids is 2. The Labute approximate surface area is 196 Å². The molecule has 3 rings (SSSR count). The van der Waals surface area contributed by atoms with Crippen molar-refractivity contribution in [2.24, 2.45) is 5.92 Å². The normalized spacial score (nSPS) is 25.5. The van der Waals surface area contributed by atoms with E-state index in [9.17, 15) is 9.59 Å². The Bertz CT molecular complexity index is 794. The molecule has 1 aromatic carbocycles. The number of nitrogens with zero attached hydrogens (tertiary/aromatic N) is 1. The van der Waals surface area contributed by atoms with Crippen LogP contribution in [0.25, 0.3) is 0 Å².